The summed E-state index contributed by atoms with van der Waals surface area (Å²) < 4.78 is 0. The normalized spacial score (nSPS) is 12.6. The van der Waals surface area contributed by atoms with Crippen molar-refractivity contribution in [1.82, 2.24) is 4.98 Å². The Hall–Kier alpha value is -1.38. The summed E-state index contributed by atoms with van der Waals surface area (Å²) in [5.41, 5.74) is 1.92. The fraction of sp³-hybridized carbons (Fsp3) is 0.500. The first-order valence-corrected chi connectivity index (χ1v) is 5.24. The van der Waals surface area contributed by atoms with Gasteiger partial charge in [-0.2, -0.15) is 0 Å². The zero-order valence-corrected chi connectivity index (χ0v) is 9.74. The number of aryl methyl sites for hydroxylation is 1. The van der Waals surface area contributed by atoms with Crippen LogP contribution in [0.4, 0.5) is 5.82 Å². The first-order valence-electron chi connectivity index (χ1n) is 5.24. The topological polar surface area (TPSA) is 42.0 Å². The average Bonchev–Trinajstić information content (AvgIpc) is 2.16. The van der Waals surface area contributed by atoms with Crippen LogP contribution in [0, 0.1) is 6.92 Å². The fourth-order valence-electron chi connectivity index (χ4n) is 1.40. The molecule has 0 radical (unpaired) electrons. The molecule has 0 fully saturated rings. The number of pyridine rings is 1. The van der Waals surface area contributed by atoms with E-state index in [4.69, 9.17) is 0 Å². The van der Waals surface area contributed by atoms with Gasteiger partial charge in [0.25, 0.3) is 0 Å². The molecule has 1 aromatic heterocycles. The van der Waals surface area contributed by atoms with Gasteiger partial charge in [0.2, 0.25) is 0 Å². The van der Waals surface area contributed by atoms with E-state index in [9.17, 15) is 4.79 Å². The van der Waals surface area contributed by atoms with Crippen LogP contribution < -0.4 is 5.32 Å². The Morgan fingerprint density at radius 1 is 1.33 bits per heavy atom. The van der Waals surface area contributed by atoms with Gasteiger partial charge in [0.05, 0.1) is 0 Å². The summed E-state index contributed by atoms with van der Waals surface area (Å²) in [7, 11) is 0. The van der Waals surface area contributed by atoms with Gasteiger partial charge in [0.15, 0.2) is 0 Å². The number of carbonyl (C=O) groups is 1. The van der Waals surface area contributed by atoms with Crippen LogP contribution >= 0.6 is 0 Å². The van der Waals surface area contributed by atoms with Gasteiger partial charge in [-0.1, -0.05) is 13.0 Å². The van der Waals surface area contributed by atoms with Crippen LogP contribution in [0.15, 0.2) is 12.1 Å². The number of nitrogens with one attached hydrogen (secondary N) is 1. The molecular formula is C12H18N2O. The number of aldehydes is 1. The summed E-state index contributed by atoms with van der Waals surface area (Å²) in [6.07, 6.45) is 0.942. The highest BCUT2D eigenvalue weighted by molar-refractivity contribution is 5.66. The maximum absolute atomic E-state index is 10.8. The van der Waals surface area contributed by atoms with E-state index in [1.807, 2.05) is 26.0 Å². The van der Waals surface area contributed by atoms with Crippen molar-refractivity contribution in [3.63, 3.8) is 0 Å². The highest BCUT2D eigenvalue weighted by Gasteiger charge is 2.11. The van der Waals surface area contributed by atoms with Gasteiger partial charge in [0.1, 0.15) is 12.1 Å². The summed E-state index contributed by atoms with van der Waals surface area (Å²) in [4.78, 5) is 15.2. The van der Waals surface area contributed by atoms with E-state index in [1.165, 1.54) is 0 Å². The maximum atomic E-state index is 10.8. The molecule has 82 valence electrons. The van der Waals surface area contributed by atoms with Crippen LogP contribution in [-0.2, 0) is 4.79 Å². The van der Waals surface area contributed by atoms with Crippen molar-refractivity contribution in [3.8, 4) is 0 Å². The molecule has 0 aliphatic rings. The second kappa shape index (κ2) is 4.91. The minimum atomic E-state index is -0.112. The largest absolute Gasteiger partial charge is 0.368 e. The summed E-state index contributed by atoms with van der Waals surface area (Å²) in [6.45, 7) is 7.93. The fourth-order valence-corrected chi connectivity index (χ4v) is 1.40. The number of carbonyl (C=O) groups excluding carboxylic acids is 1. The Bertz CT molecular complexity index is 347. The molecule has 1 rings (SSSR count). The molecule has 15 heavy (non-hydrogen) atoms. The molecule has 3 heteroatoms. The highest BCUT2D eigenvalue weighted by atomic mass is 16.1. The third-order valence-electron chi connectivity index (χ3n) is 2.19. The van der Waals surface area contributed by atoms with E-state index in [1.54, 1.807) is 0 Å². The van der Waals surface area contributed by atoms with Gasteiger partial charge in [0, 0.05) is 23.2 Å². The lowest BCUT2D eigenvalue weighted by Crippen LogP contribution is -2.14. The van der Waals surface area contributed by atoms with Crippen molar-refractivity contribution < 1.29 is 4.79 Å². The Labute approximate surface area is 90.9 Å². The molecular weight excluding hydrogens is 188 g/mol. The monoisotopic (exact) mass is 206 g/mol. The molecule has 1 unspecified atom stereocenters. The summed E-state index contributed by atoms with van der Waals surface area (Å²) in [6, 6.07) is 4.21. The number of aromatic nitrogens is 1. The van der Waals surface area contributed by atoms with Crippen molar-refractivity contribution in [2.24, 2.45) is 0 Å². The van der Waals surface area contributed by atoms with E-state index in [0.717, 1.165) is 23.4 Å². The first kappa shape index (κ1) is 11.7. The van der Waals surface area contributed by atoms with Gasteiger partial charge < -0.3 is 10.1 Å². The highest BCUT2D eigenvalue weighted by Crippen LogP contribution is 2.22. The Morgan fingerprint density at radius 3 is 2.53 bits per heavy atom. The lowest BCUT2D eigenvalue weighted by atomic mass is 10.0. The summed E-state index contributed by atoms with van der Waals surface area (Å²) in [5, 5.41) is 3.26. The van der Waals surface area contributed by atoms with Gasteiger partial charge in [-0.15, -0.1) is 0 Å². The second-order valence-electron chi connectivity index (χ2n) is 4.11. The molecule has 0 saturated carbocycles. The van der Waals surface area contributed by atoms with E-state index in [0.29, 0.717) is 6.04 Å². The van der Waals surface area contributed by atoms with Crippen LogP contribution in [0.25, 0.3) is 0 Å². The van der Waals surface area contributed by atoms with Crippen molar-refractivity contribution in [3.05, 3.63) is 23.4 Å². The van der Waals surface area contributed by atoms with Crippen LogP contribution in [0.5, 0.6) is 0 Å². The first-order chi connectivity index (χ1) is 7.04. The van der Waals surface area contributed by atoms with E-state index in [2.05, 4.69) is 24.1 Å². The molecule has 0 spiro atoms. The quantitative estimate of drug-likeness (QED) is 0.770. The van der Waals surface area contributed by atoms with Crippen LogP contribution in [0.3, 0.4) is 0 Å². The molecule has 0 saturated heterocycles. The molecule has 0 aromatic carbocycles. The average molecular weight is 206 g/mol. The van der Waals surface area contributed by atoms with Crippen LogP contribution in [0.1, 0.15) is 37.9 Å². The lowest BCUT2D eigenvalue weighted by Gasteiger charge is -2.15. The summed E-state index contributed by atoms with van der Waals surface area (Å²) in [5.74, 6) is 0.712. The SMILES string of the molecule is Cc1ccc(C(C)C=O)c(NC(C)C)n1. The Balaban J connectivity index is 3.08. The molecule has 1 heterocycles. The van der Waals surface area contributed by atoms with Crippen molar-refractivity contribution in [1.29, 1.82) is 0 Å². The number of nitrogens with zero attached hydrogens (tertiary/aromatic N) is 1. The minimum Gasteiger partial charge on any atom is -0.368 e. The van der Waals surface area contributed by atoms with E-state index in [-0.39, 0.29) is 5.92 Å². The van der Waals surface area contributed by atoms with E-state index >= 15 is 0 Å². The second-order valence-corrected chi connectivity index (χ2v) is 4.11. The van der Waals surface area contributed by atoms with Crippen LogP contribution in [0.2, 0.25) is 0 Å². The molecule has 0 bridgehead atoms. The van der Waals surface area contributed by atoms with Crippen LogP contribution in [-0.4, -0.2) is 17.3 Å². The van der Waals surface area contributed by atoms with Gasteiger partial charge >= 0.3 is 0 Å². The van der Waals surface area contributed by atoms with Gasteiger partial charge in [-0.25, -0.2) is 4.98 Å². The number of hydrogen-bond acceptors (Lipinski definition) is 3. The number of hydrogen-bond donors (Lipinski definition) is 1. The molecule has 0 aliphatic carbocycles. The molecule has 1 aromatic rings. The van der Waals surface area contributed by atoms with E-state index < -0.39 is 0 Å². The molecule has 1 N–H and O–H groups in total. The minimum absolute atomic E-state index is 0.112. The predicted molar refractivity (Wildman–Crippen MR) is 62.2 cm³/mol. The Morgan fingerprint density at radius 2 is 2.00 bits per heavy atom. The zero-order chi connectivity index (χ0) is 11.4. The van der Waals surface area contributed by atoms with Crippen molar-refractivity contribution in [2.45, 2.75) is 39.7 Å². The standard InChI is InChI=1S/C12H18N2O/c1-8(2)13-12-11(9(3)7-15)6-5-10(4)14-12/h5-9H,1-4H3,(H,13,14). The smallest absolute Gasteiger partial charge is 0.130 e. The number of anilines is 1. The van der Waals surface area contributed by atoms with Gasteiger partial charge in [-0.3, -0.25) is 0 Å². The molecule has 0 amide bonds. The molecule has 3 nitrogen and oxygen atoms in total. The molecule has 1 atom stereocenters. The maximum Gasteiger partial charge on any atom is 0.130 e. The predicted octanol–water partition coefficient (Wildman–Crippen LogP) is 2.51. The van der Waals surface area contributed by atoms with Crippen molar-refractivity contribution in [2.75, 3.05) is 5.32 Å². The van der Waals surface area contributed by atoms with Crippen molar-refractivity contribution >= 4 is 12.1 Å². The molecule has 0 aliphatic heterocycles. The lowest BCUT2D eigenvalue weighted by molar-refractivity contribution is -0.108. The summed E-state index contributed by atoms with van der Waals surface area (Å²) >= 11 is 0. The van der Waals surface area contributed by atoms with Gasteiger partial charge in [-0.05, 0) is 26.8 Å². The number of rotatable bonds is 4. The zero-order valence-electron chi connectivity index (χ0n) is 9.74. The third kappa shape index (κ3) is 3.05. The Kier molecular flexibility index (Phi) is 3.83. The third-order valence-corrected chi connectivity index (χ3v) is 2.19.